The van der Waals surface area contributed by atoms with Crippen LogP contribution in [0.15, 0.2) is 48.8 Å². The van der Waals surface area contributed by atoms with E-state index >= 15 is 0 Å². The Balaban J connectivity index is 1.55. The van der Waals surface area contributed by atoms with Crippen molar-refractivity contribution in [2.45, 2.75) is 25.6 Å². The number of alkyl halides is 3. The molecule has 1 amide bonds. The van der Waals surface area contributed by atoms with Gasteiger partial charge in [0.1, 0.15) is 5.75 Å². The van der Waals surface area contributed by atoms with E-state index in [4.69, 9.17) is 22.1 Å². The van der Waals surface area contributed by atoms with Crippen LogP contribution in [0.1, 0.15) is 23.2 Å². The molecule has 30 heavy (non-hydrogen) atoms. The van der Waals surface area contributed by atoms with E-state index in [0.717, 1.165) is 17.7 Å². The lowest BCUT2D eigenvalue weighted by Gasteiger charge is -2.12. The molecule has 0 atom stereocenters. The van der Waals surface area contributed by atoms with E-state index < -0.39 is 22.7 Å². The molecule has 0 fully saturated rings. The Morgan fingerprint density at radius 2 is 1.93 bits per heavy atom. The number of aromatic amines is 1. The summed E-state index contributed by atoms with van der Waals surface area (Å²) in [5, 5.41) is 2.04. The van der Waals surface area contributed by atoms with Crippen LogP contribution in [0.25, 0.3) is 0 Å². The molecule has 0 unspecified atom stereocenters. The topological polar surface area (TPSA) is 93.0 Å². The first kappa shape index (κ1) is 21.7. The monoisotopic (exact) mass is 438 g/mol. The number of carbonyl (C=O) groups excluding carboxylic acids is 1. The van der Waals surface area contributed by atoms with Crippen LogP contribution in [0.3, 0.4) is 0 Å². The van der Waals surface area contributed by atoms with Crippen LogP contribution in [-0.4, -0.2) is 15.9 Å². The van der Waals surface area contributed by atoms with Crippen LogP contribution in [0.4, 0.5) is 18.9 Å². The van der Waals surface area contributed by atoms with Gasteiger partial charge in [0.05, 0.1) is 22.6 Å². The molecule has 2 aromatic carbocycles. The highest BCUT2D eigenvalue weighted by atomic mass is 35.5. The second kappa shape index (κ2) is 9.19. The molecule has 0 radical (unpaired) electrons. The summed E-state index contributed by atoms with van der Waals surface area (Å²) in [7, 11) is 0. The number of ether oxygens (including phenoxy) is 1. The van der Waals surface area contributed by atoms with Gasteiger partial charge < -0.3 is 20.8 Å². The number of halogens is 4. The maximum absolute atomic E-state index is 12.9. The minimum Gasteiger partial charge on any atom is -0.437 e. The number of nitrogens with one attached hydrogen (secondary N) is 2. The molecule has 10 heteroatoms. The van der Waals surface area contributed by atoms with Crippen LogP contribution in [0, 0.1) is 0 Å². The summed E-state index contributed by atoms with van der Waals surface area (Å²) in [5.74, 6) is 0.548. The van der Waals surface area contributed by atoms with Crippen LogP contribution in [0.5, 0.6) is 11.6 Å². The fourth-order valence-corrected chi connectivity index (χ4v) is 2.90. The Morgan fingerprint density at radius 3 is 2.60 bits per heavy atom. The van der Waals surface area contributed by atoms with Crippen molar-refractivity contribution < 1.29 is 22.7 Å². The van der Waals surface area contributed by atoms with Crippen molar-refractivity contribution in [2.24, 2.45) is 5.73 Å². The quantitative estimate of drug-likeness (QED) is 0.489. The number of hydrogen-bond donors (Lipinski definition) is 3. The van der Waals surface area contributed by atoms with Gasteiger partial charge in [0.2, 0.25) is 11.8 Å². The normalized spacial score (nSPS) is 11.4. The van der Waals surface area contributed by atoms with Crippen molar-refractivity contribution >= 4 is 23.2 Å². The number of amides is 1. The Kier molecular flexibility index (Phi) is 6.63. The molecular formula is C20H18ClF3N4O2. The van der Waals surface area contributed by atoms with E-state index in [1.807, 2.05) is 0 Å². The van der Waals surface area contributed by atoms with E-state index in [-0.39, 0.29) is 18.7 Å². The molecule has 0 saturated carbocycles. The van der Waals surface area contributed by atoms with Gasteiger partial charge in [0.15, 0.2) is 0 Å². The Bertz CT molecular complexity index is 1020. The summed E-state index contributed by atoms with van der Waals surface area (Å²) < 4.78 is 44.4. The van der Waals surface area contributed by atoms with Gasteiger partial charge in [-0.15, -0.1) is 0 Å². The van der Waals surface area contributed by atoms with E-state index in [0.29, 0.717) is 23.7 Å². The summed E-state index contributed by atoms with van der Waals surface area (Å²) >= 11 is 5.58. The number of aryl methyl sites for hydroxylation is 1. The summed E-state index contributed by atoms with van der Waals surface area (Å²) in [6.07, 6.45) is -2.60. The third-order valence-corrected chi connectivity index (χ3v) is 4.55. The molecule has 3 aromatic rings. The summed E-state index contributed by atoms with van der Waals surface area (Å²) in [4.78, 5) is 19.0. The van der Waals surface area contributed by atoms with E-state index in [2.05, 4.69) is 15.3 Å². The lowest BCUT2D eigenvalue weighted by atomic mass is 10.1. The molecule has 0 bridgehead atoms. The molecule has 0 saturated heterocycles. The van der Waals surface area contributed by atoms with Crippen LogP contribution in [0.2, 0.25) is 5.02 Å². The zero-order valence-electron chi connectivity index (χ0n) is 15.6. The van der Waals surface area contributed by atoms with Crippen molar-refractivity contribution in [1.29, 1.82) is 0 Å². The van der Waals surface area contributed by atoms with Gasteiger partial charge in [0.25, 0.3) is 0 Å². The largest absolute Gasteiger partial charge is 0.437 e. The van der Waals surface area contributed by atoms with Gasteiger partial charge in [-0.2, -0.15) is 13.2 Å². The van der Waals surface area contributed by atoms with Gasteiger partial charge in [-0.25, -0.2) is 4.98 Å². The molecule has 1 aromatic heterocycles. The first-order valence-electron chi connectivity index (χ1n) is 8.92. The van der Waals surface area contributed by atoms with Crippen LogP contribution >= 0.6 is 11.6 Å². The molecule has 0 aliphatic carbocycles. The number of nitrogens with two attached hydrogens (primary N) is 1. The first-order chi connectivity index (χ1) is 14.3. The Morgan fingerprint density at radius 1 is 1.20 bits per heavy atom. The van der Waals surface area contributed by atoms with Gasteiger partial charge in [-0.1, -0.05) is 23.7 Å². The molecule has 4 N–H and O–H groups in total. The molecule has 0 spiro atoms. The third kappa shape index (κ3) is 5.52. The zero-order valence-corrected chi connectivity index (χ0v) is 16.3. The number of imidazole rings is 1. The van der Waals surface area contributed by atoms with E-state index in [1.54, 1.807) is 24.3 Å². The van der Waals surface area contributed by atoms with E-state index in [1.165, 1.54) is 12.4 Å². The second-order valence-electron chi connectivity index (χ2n) is 6.38. The molecule has 0 aliphatic rings. The summed E-state index contributed by atoms with van der Waals surface area (Å²) in [6.45, 7) is 0.264. The molecular weight excluding hydrogens is 421 g/mol. The van der Waals surface area contributed by atoms with Crippen LogP contribution < -0.4 is 15.8 Å². The van der Waals surface area contributed by atoms with Gasteiger partial charge in [0, 0.05) is 18.7 Å². The molecule has 0 aliphatic heterocycles. The highest BCUT2D eigenvalue weighted by Crippen LogP contribution is 2.36. The van der Waals surface area contributed by atoms with Gasteiger partial charge in [-0.05, 0) is 42.3 Å². The van der Waals surface area contributed by atoms with Crippen molar-refractivity contribution in [3.05, 3.63) is 70.6 Å². The summed E-state index contributed by atoms with van der Waals surface area (Å²) in [5.41, 5.74) is 6.16. The maximum Gasteiger partial charge on any atom is 0.417 e. The highest BCUT2D eigenvalue weighted by molar-refractivity contribution is 6.31. The number of carbonyl (C=O) groups is 1. The minimum atomic E-state index is -4.59. The molecule has 158 valence electrons. The molecule has 1 heterocycles. The van der Waals surface area contributed by atoms with Crippen LogP contribution in [-0.2, 0) is 23.9 Å². The van der Waals surface area contributed by atoms with Crippen molar-refractivity contribution in [1.82, 2.24) is 9.97 Å². The number of nitrogens with zero attached hydrogens (tertiary/aromatic N) is 1. The lowest BCUT2D eigenvalue weighted by molar-refractivity contribution is -0.137. The Labute approximate surface area is 175 Å². The number of rotatable bonds is 7. The average Bonchev–Trinajstić information content (AvgIpc) is 3.15. The van der Waals surface area contributed by atoms with Crippen molar-refractivity contribution in [2.75, 3.05) is 5.32 Å². The lowest BCUT2D eigenvalue weighted by Crippen LogP contribution is -2.14. The fourth-order valence-electron chi connectivity index (χ4n) is 2.68. The number of anilines is 1. The standard InChI is InChI=1S/C20H18ClF3N4O2/c21-16-7-4-13(9-15(16)20(22,23)24)28-18(29)8-3-12-1-5-14(6-2-12)30-19-17(10-25)26-11-27-19/h1-2,4-7,9,11H,3,8,10,25H2,(H,26,27)(H,28,29). The second-order valence-corrected chi connectivity index (χ2v) is 6.78. The fraction of sp³-hybridized carbons (Fsp3) is 0.200. The summed E-state index contributed by atoms with van der Waals surface area (Å²) in [6, 6.07) is 10.3. The predicted octanol–water partition coefficient (Wildman–Crippen LogP) is 4.90. The predicted molar refractivity (Wildman–Crippen MR) is 106 cm³/mol. The number of aromatic nitrogens is 2. The Hall–Kier alpha value is -3.04. The minimum absolute atomic E-state index is 0.0372. The molecule has 3 rings (SSSR count). The van der Waals surface area contributed by atoms with Gasteiger partial charge in [-0.3, -0.25) is 4.79 Å². The number of benzene rings is 2. The van der Waals surface area contributed by atoms with E-state index in [9.17, 15) is 18.0 Å². The molecule has 6 nitrogen and oxygen atoms in total. The number of hydrogen-bond acceptors (Lipinski definition) is 4. The highest BCUT2D eigenvalue weighted by Gasteiger charge is 2.33. The first-order valence-corrected chi connectivity index (χ1v) is 9.30. The average molecular weight is 439 g/mol. The maximum atomic E-state index is 12.9. The van der Waals surface area contributed by atoms with Gasteiger partial charge >= 0.3 is 6.18 Å². The number of H-pyrrole nitrogens is 1. The smallest absolute Gasteiger partial charge is 0.417 e. The van der Waals surface area contributed by atoms with Crippen molar-refractivity contribution in [3.63, 3.8) is 0 Å². The van der Waals surface area contributed by atoms with Crippen molar-refractivity contribution in [3.8, 4) is 11.6 Å². The zero-order chi connectivity index (χ0) is 21.7. The third-order valence-electron chi connectivity index (χ3n) is 4.22. The SMILES string of the molecule is NCc1[nH]cnc1Oc1ccc(CCC(=O)Nc2ccc(Cl)c(C(F)(F)F)c2)cc1.